The first kappa shape index (κ1) is 16.0. The summed E-state index contributed by atoms with van der Waals surface area (Å²) in [5.41, 5.74) is 2.17. The highest BCUT2D eigenvalue weighted by atomic mass is 32.2. The molecule has 1 aromatic carbocycles. The third-order valence-corrected chi connectivity index (χ3v) is 4.69. The van der Waals surface area contributed by atoms with Crippen LogP contribution in [-0.4, -0.2) is 35.8 Å². The summed E-state index contributed by atoms with van der Waals surface area (Å²) in [4.78, 5) is 16.8. The van der Waals surface area contributed by atoms with Crippen LogP contribution in [0.5, 0.6) is 0 Å². The number of carbonyl (C=O) groups is 1. The van der Waals surface area contributed by atoms with Crippen LogP contribution in [0.4, 0.5) is 5.69 Å². The van der Waals surface area contributed by atoms with E-state index in [0.717, 1.165) is 30.6 Å². The molecular formula is C16H20N2OS2. The number of rotatable bonds is 5. The normalized spacial score (nSPS) is 16.9. The van der Waals surface area contributed by atoms with Crippen LogP contribution in [0.15, 0.2) is 29.2 Å². The van der Waals surface area contributed by atoms with E-state index in [1.54, 1.807) is 4.90 Å². The lowest BCUT2D eigenvalue weighted by molar-refractivity contribution is -0.122. The quantitative estimate of drug-likeness (QED) is 0.609. The minimum Gasteiger partial charge on any atom is -0.378 e. The van der Waals surface area contributed by atoms with Crippen LogP contribution in [0.2, 0.25) is 0 Å². The van der Waals surface area contributed by atoms with Gasteiger partial charge >= 0.3 is 0 Å². The van der Waals surface area contributed by atoms with Crippen LogP contribution in [0.3, 0.4) is 0 Å². The summed E-state index contributed by atoms with van der Waals surface area (Å²) in [5.74, 6) is 0.0372. The molecule has 3 nitrogen and oxygen atoms in total. The number of hydrogen-bond donors (Lipinski definition) is 0. The third-order valence-electron chi connectivity index (χ3n) is 3.32. The molecule has 0 unspecified atom stereocenters. The molecular weight excluding hydrogens is 300 g/mol. The summed E-state index contributed by atoms with van der Waals surface area (Å²) >= 11 is 6.70. The molecule has 5 heteroatoms. The molecule has 1 heterocycles. The average Bonchev–Trinajstić information content (AvgIpc) is 2.72. The van der Waals surface area contributed by atoms with Crippen LogP contribution in [0.1, 0.15) is 25.3 Å². The van der Waals surface area contributed by atoms with E-state index in [4.69, 9.17) is 12.2 Å². The van der Waals surface area contributed by atoms with Gasteiger partial charge in [0.2, 0.25) is 0 Å². The lowest BCUT2D eigenvalue weighted by atomic mass is 10.2. The zero-order valence-corrected chi connectivity index (χ0v) is 14.3. The molecule has 1 aromatic rings. The maximum absolute atomic E-state index is 12.3. The Morgan fingerprint density at radius 1 is 1.29 bits per heavy atom. The van der Waals surface area contributed by atoms with Crippen molar-refractivity contribution in [2.45, 2.75) is 19.8 Å². The lowest BCUT2D eigenvalue weighted by Gasteiger charge is -2.13. The number of anilines is 1. The van der Waals surface area contributed by atoms with Crippen molar-refractivity contribution in [3.63, 3.8) is 0 Å². The van der Waals surface area contributed by atoms with Crippen LogP contribution < -0.4 is 4.90 Å². The number of carbonyl (C=O) groups excluding carboxylic acids is 1. The highest BCUT2D eigenvalue weighted by Crippen LogP contribution is 2.32. The highest BCUT2D eigenvalue weighted by molar-refractivity contribution is 8.26. The van der Waals surface area contributed by atoms with E-state index in [1.165, 1.54) is 11.8 Å². The predicted molar refractivity (Wildman–Crippen MR) is 95.6 cm³/mol. The highest BCUT2D eigenvalue weighted by Gasteiger charge is 2.31. The molecule has 1 amide bonds. The van der Waals surface area contributed by atoms with Crippen LogP contribution in [-0.2, 0) is 4.79 Å². The molecule has 0 aromatic heterocycles. The van der Waals surface area contributed by atoms with Gasteiger partial charge in [0.25, 0.3) is 5.91 Å². The molecule has 21 heavy (non-hydrogen) atoms. The van der Waals surface area contributed by atoms with E-state index in [0.29, 0.717) is 9.23 Å². The van der Waals surface area contributed by atoms with Gasteiger partial charge in [-0.05, 0) is 30.2 Å². The Labute approximate surface area is 136 Å². The van der Waals surface area contributed by atoms with Gasteiger partial charge in [-0.2, -0.15) is 0 Å². The topological polar surface area (TPSA) is 23.6 Å². The van der Waals surface area contributed by atoms with Crippen molar-refractivity contribution < 1.29 is 4.79 Å². The second-order valence-electron chi connectivity index (χ2n) is 5.17. The number of benzene rings is 1. The number of thioether (sulfide) groups is 1. The molecule has 1 aliphatic heterocycles. The number of nitrogens with zero attached hydrogens (tertiary/aromatic N) is 2. The summed E-state index contributed by atoms with van der Waals surface area (Å²) in [6, 6.07) is 8.13. The molecule has 0 radical (unpaired) electrons. The minimum absolute atomic E-state index is 0.0372. The zero-order valence-electron chi connectivity index (χ0n) is 12.6. The third kappa shape index (κ3) is 3.86. The van der Waals surface area contributed by atoms with E-state index in [1.807, 2.05) is 49.3 Å². The van der Waals surface area contributed by atoms with Crippen molar-refractivity contribution in [3.05, 3.63) is 34.7 Å². The second kappa shape index (κ2) is 7.09. The SMILES string of the molecule is CCCCN1C(=O)/C(=C\c2ccc(N(C)C)cc2)SC1=S. The summed E-state index contributed by atoms with van der Waals surface area (Å²) < 4.78 is 0.671. The van der Waals surface area contributed by atoms with Gasteiger partial charge in [-0.3, -0.25) is 9.69 Å². The van der Waals surface area contributed by atoms with Gasteiger partial charge in [-0.15, -0.1) is 0 Å². The number of amides is 1. The summed E-state index contributed by atoms with van der Waals surface area (Å²) in [5, 5.41) is 0. The molecule has 0 aliphatic carbocycles. The molecule has 0 spiro atoms. The average molecular weight is 320 g/mol. The van der Waals surface area contributed by atoms with Gasteiger partial charge < -0.3 is 4.90 Å². The minimum atomic E-state index is 0.0372. The fourth-order valence-corrected chi connectivity index (χ4v) is 3.34. The van der Waals surface area contributed by atoms with Crippen LogP contribution >= 0.6 is 24.0 Å². The van der Waals surface area contributed by atoms with Gasteiger partial charge in [-0.1, -0.05) is 49.5 Å². The van der Waals surface area contributed by atoms with Gasteiger partial charge in [-0.25, -0.2) is 0 Å². The Morgan fingerprint density at radius 2 is 1.95 bits per heavy atom. The monoisotopic (exact) mass is 320 g/mol. The van der Waals surface area contributed by atoms with Crippen molar-refractivity contribution in [2.75, 3.05) is 25.5 Å². The van der Waals surface area contributed by atoms with Gasteiger partial charge in [0, 0.05) is 26.3 Å². The maximum Gasteiger partial charge on any atom is 0.266 e. The number of unbranched alkanes of at least 4 members (excludes halogenated alkanes) is 1. The molecule has 0 saturated carbocycles. The number of thiocarbonyl (C=S) groups is 1. The fourth-order valence-electron chi connectivity index (χ4n) is 2.03. The van der Waals surface area contributed by atoms with E-state index in [-0.39, 0.29) is 5.91 Å². The Balaban J connectivity index is 2.14. The Kier molecular flexibility index (Phi) is 5.42. The van der Waals surface area contributed by atoms with Crippen molar-refractivity contribution >= 4 is 46.0 Å². The first-order valence-electron chi connectivity index (χ1n) is 7.05. The first-order valence-corrected chi connectivity index (χ1v) is 8.28. The molecule has 0 bridgehead atoms. The summed E-state index contributed by atoms with van der Waals surface area (Å²) in [7, 11) is 4.02. The lowest BCUT2D eigenvalue weighted by Crippen LogP contribution is -2.28. The molecule has 0 N–H and O–H groups in total. The first-order chi connectivity index (χ1) is 10.0. The molecule has 1 aliphatic rings. The molecule has 1 saturated heterocycles. The van der Waals surface area contributed by atoms with Crippen molar-refractivity contribution in [1.82, 2.24) is 4.90 Å². The van der Waals surface area contributed by atoms with Crippen LogP contribution in [0, 0.1) is 0 Å². The van der Waals surface area contributed by atoms with Crippen LogP contribution in [0.25, 0.3) is 6.08 Å². The molecule has 0 atom stereocenters. The Morgan fingerprint density at radius 3 is 2.52 bits per heavy atom. The molecule has 2 rings (SSSR count). The standard InChI is InChI=1S/C16H20N2OS2/c1-4-5-10-18-15(19)14(21-16(18)20)11-12-6-8-13(9-7-12)17(2)3/h6-9,11H,4-5,10H2,1-3H3/b14-11+. The Bertz CT molecular complexity index is 564. The predicted octanol–water partition coefficient (Wildman–Crippen LogP) is 3.75. The van der Waals surface area contributed by atoms with Crippen molar-refractivity contribution in [3.8, 4) is 0 Å². The zero-order chi connectivity index (χ0) is 15.4. The van der Waals surface area contributed by atoms with Crippen molar-refractivity contribution in [1.29, 1.82) is 0 Å². The maximum atomic E-state index is 12.3. The summed E-state index contributed by atoms with van der Waals surface area (Å²) in [6.45, 7) is 2.83. The largest absolute Gasteiger partial charge is 0.378 e. The van der Waals surface area contributed by atoms with Gasteiger partial charge in [0.1, 0.15) is 4.32 Å². The van der Waals surface area contributed by atoms with E-state index >= 15 is 0 Å². The number of hydrogen-bond acceptors (Lipinski definition) is 4. The van der Waals surface area contributed by atoms with Gasteiger partial charge in [0.05, 0.1) is 4.91 Å². The molecule has 112 valence electrons. The fraction of sp³-hybridized carbons (Fsp3) is 0.375. The Hall–Kier alpha value is -1.33. The van der Waals surface area contributed by atoms with E-state index < -0.39 is 0 Å². The van der Waals surface area contributed by atoms with E-state index in [9.17, 15) is 4.79 Å². The second-order valence-corrected chi connectivity index (χ2v) is 6.85. The van der Waals surface area contributed by atoms with Crippen molar-refractivity contribution in [2.24, 2.45) is 0 Å². The van der Waals surface area contributed by atoms with E-state index in [2.05, 4.69) is 6.92 Å². The molecule has 1 fully saturated rings. The smallest absolute Gasteiger partial charge is 0.266 e. The summed E-state index contributed by atoms with van der Waals surface area (Å²) in [6.07, 6.45) is 3.96. The van der Waals surface area contributed by atoms with Gasteiger partial charge in [0.15, 0.2) is 0 Å².